The Kier molecular flexibility index (Phi) is 6.81. The predicted molar refractivity (Wildman–Crippen MR) is 87.5 cm³/mol. The van der Waals surface area contributed by atoms with Crippen molar-refractivity contribution < 1.29 is 14.0 Å². The number of nitrogens with two attached hydrogens (primary N) is 1. The summed E-state index contributed by atoms with van der Waals surface area (Å²) in [6.45, 7) is 4.21. The van der Waals surface area contributed by atoms with Crippen LogP contribution in [0, 0.1) is 11.8 Å². The van der Waals surface area contributed by atoms with Crippen molar-refractivity contribution in [1.29, 1.82) is 0 Å². The summed E-state index contributed by atoms with van der Waals surface area (Å²) in [6.07, 6.45) is 4.93. The molecule has 2 heterocycles. The highest BCUT2D eigenvalue weighted by molar-refractivity contribution is 6.34. The molecule has 5 nitrogen and oxygen atoms in total. The number of likely N-dealkylation sites (tertiary alicyclic amines) is 2. The Bertz CT molecular complexity index is 411. The molecule has 2 amide bonds. The molecule has 23 heavy (non-hydrogen) atoms. The Morgan fingerprint density at radius 3 is 2.30 bits per heavy atom. The molecule has 0 aromatic heterocycles. The number of piperidine rings is 2. The largest absolute Gasteiger partial charge is 0.334 e. The molecule has 2 rings (SSSR count). The molecule has 0 aliphatic carbocycles. The SMILES string of the molecule is CCC1CN(C(=O)C(=O)N2CCC(CCCF)CC2)CCC1N. The van der Waals surface area contributed by atoms with Crippen LogP contribution in [0.2, 0.25) is 0 Å². The van der Waals surface area contributed by atoms with Gasteiger partial charge in [-0.25, -0.2) is 0 Å². The Hall–Kier alpha value is -1.17. The van der Waals surface area contributed by atoms with Gasteiger partial charge in [-0.3, -0.25) is 14.0 Å². The van der Waals surface area contributed by atoms with Gasteiger partial charge in [0.25, 0.3) is 0 Å². The third kappa shape index (κ3) is 4.66. The average Bonchev–Trinajstić information content (AvgIpc) is 2.59. The fraction of sp³-hybridized carbons (Fsp3) is 0.882. The van der Waals surface area contributed by atoms with E-state index in [9.17, 15) is 14.0 Å². The van der Waals surface area contributed by atoms with Crippen LogP contribution in [0.3, 0.4) is 0 Å². The van der Waals surface area contributed by atoms with Crippen molar-refractivity contribution in [2.75, 3.05) is 32.9 Å². The molecule has 0 spiro atoms. The van der Waals surface area contributed by atoms with Crippen LogP contribution in [0.25, 0.3) is 0 Å². The van der Waals surface area contributed by atoms with Crippen molar-refractivity contribution in [2.45, 2.75) is 51.5 Å². The first kappa shape index (κ1) is 18.2. The lowest BCUT2D eigenvalue weighted by Gasteiger charge is -2.38. The summed E-state index contributed by atoms with van der Waals surface area (Å²) in [7, 11) is 0. The van der Waals surface area contributed by atoms with Crippen molar-refractivity contribution in [2.24, 2.45) is 17.6 Å². The lowest BCUT2D eigenvalue weighted by Crippen LogP contribution is -2.54. The summed E-state index contributed by atoms with van der Waals surface area (Å²) in [5.74, 6) is 0.0196. The molecule has 6 heteroatoms. The Morgan fingerprint density at radius 2 is 1.70 bits per heavy atom. The van der Waals surface area contributed by atoms with Crippen LogP contribution in [-0.2, 0) is 9.59 Å². The van der Waals surface area contributed by atoms with Crippen molar-refractivity contribution in [1.82, 2.24) is 9.80 Å². The molecule has 132 valence electrons. The summed E-state index contributed by atoms with van der Waals surface area (Å²) < 4.78 is 12.2. The quantitative estimate of drug-likeness (QED) is 0.797. The number of rotatable bonds is 4. The number of carbonyl (C=O) groups is 2. The maximum Gasteiger partial charge on any atom is 0.312 e. The minimum absolute atomic E-state index is 0.130. The highest BCUT2D eigenvalue weighted by Crippen LogP contribution is 2.23. The maximum absolute atomic E-state index is 12.5. The van der Waals surface area contributed by atoms with Gasteiger partial charge in [-0.1, -0.05) is 13.3 Å². The third-order valence-corrected chi connectivity index (χ3v) is 5.44. The Morgan fingerprint density at radius 1 is 1.09 bits per heavy atom. The van der Waals surface area contributed by atoms with E-state index in [2.05, 4.69) is 6.92 Å². The zero-order valence-corrected chi connectivity index (χ0v) is 14.2. The van der Waals surface area contributed by atoms with Crippen LogP contribution in [0.5, 0.6) is 0 Å². The van der Waals surface area contributed by atoms with Gasteiger partial charge in [0.05, 0.1) is 6.67 Å². The lowest BCUT2D eigenvalue weighted by atomic mass is 9.90. The van der Waals surface area contributed by atoms with Gasteiger partial charge in [0.1, 0.15) is 0 Å². The van der Waals surface area contributed by atoms with Gasteiger partial charge in [-0.2, -0.15) is 0 Å². The molecule has 2 unspecified atom stereocenters. The zero-order chi connectivity index (χ0) is 16.8. The second kappa shape index (κ2) is 8.62. The van der Waals surface area contributed by atoms with Gasteiger partial charge in [0.15, 0.2) is 0 Å². The number of nitrogens with zero attached hydrogens (tertiary/aromatic N) is 2. The third-order valence-electron chi connectivity index (χ3n) is 5.44. The number of hydrogen-bond acceptors (Lipinski definition) is 3. The molecular weight excluding hydrogens is 297 g/mol. The summed E-state index contributed by atoms with van der Waals surface area (Å²) >= 11 is 0. The number of hydrogen-bond donors (Lipinski definition) is 1. The predicted octanol–water partition coefficient (Wildman–Crippen LogP) is 1.56. The van der Waals surface area contributed by atoms with Crippen molar-refractivity contribution in [3.05, 3.63) is 0 Å². The molecule has 2 saturated heterocycles. The summed E-state index contributed by atoms with van der Waals surface area (Å²) in [5.41, 5.74) is 6.07. The van der Waals surface area contributed by atoms with Crippen LogP contribution in [0.1, 0.15) is 45.4 Å². The lowest BCUT2D eigenvalue weighted by molar-refractivity contribution is -0.153. The van der Waals surface area contributed by atoms with Gasteiger partial charge in [0, 0.05) is 32.2 Å². The fourth-order valence-corrected chi connectivity index (χ4v) is 3.73. The van der Waals surface area contributed by atoms with E-state index in [1.54, 1.807) is 9.80 Å². The van der Waals surface area contributed by atoms with Crippen molar-refractivity contribution in [3.8, 4) is 0 Å². The molecule has 0 aromatic carbocycles. The Balaban J connectivity index is 1.82. The molecule has 2 aliphatic rings. The van der Waals surface area contributed by atoms with Gasteiger partial charge in [-0.05, 0) is 43.9 Å². The van der Waals surface area contributed by atoms with Crippen LogP contribution in [-0.4, -0.2) is 60.5 Å². The second-order valence-electron chi connectivity index (χ2n) is 6.94. The van der Waals surface area contributed by atoms with Crippen LogP contribution in [0.15, 0.2) is 0 Å². The normalized spacial score (nSPS) is 26.4. The van der Waals surface area contributed by atoms with E-state index >= 15 is 0 Å². The molecule has 0 bridgehead atoms. The van der Waals surface area contributed by atoms with Gasteiger partial charge >= 0.3 is 11.8 Å². The maximum atomic E-state index is 12.5. The van der Waals surface area contributed by atoms with E-state index in [1.165, 1.54) is 0 Å². The molecule has 2 atom stereocenters. The molecule has 2 aliphatic heterocycles. The van der Waals surface area contributed by atoms with Gasteiger partial charge < -0.3 is 15.5 Å². The molecule has 0 radical (unpaired) electrons. The summed E-state index contributed by atoms with van der Waals surface area (Å²) in [6, 6.07) is 0.130. The monoisotopic (exact) mass is 327 g/mol. The van der Waals surface area contributed by atoms with Crippen LogP contribution in [0.4, 0.5) is 4.39 Å². The summed E-state index contributed by atoms with van der Waals surface area (Å²) in [5, 5.41) is 0. The Labute approximate surface area is 138 Å². The number of carbonyl (C=O) groups excluding carboxylic acids is 2. The highest BCUT2D eigenvalue weighted by atomic mass is 19.1. The zero-order valence-electron chi connectivity index (χ0n) is 14.2. The average molecular weight is 327 g/mol. The van der Waals surface area contributed by atoms with E-state index in [0.717, 1.165) is 32.1 Å². The van der Waals surface area contributed by atoms with E-state index in [1.807, 2.05) is 0 Å². The number of alkyl halides is 1. The molecule has 0 aromatic rings. The first-order chi connectivity index (χ1) is 11.1. The van der Waals surface area contributed by atoms with E-state index in [0.29, 0.717) is 38.5 Å². The highest BCUT2D eigenvalue weighted by Gasteiger charge is 2.34. The second-order valence-corrected chi connectivity index (χ2v) is 6.94. The van der Waals surface area contributed by atoms with Gasteiger partial charge in [-0.15, -0.1) is 0 Å². The van der Waals surface area contributed by atoms with Gasteiger partial charge in [0.2, 0.25) is 0 Å². The van der Waals surface area contributed by atoms with E-state index in [-0.39, 0.29) is 30.4 Å². The fourth-order valence-electron chi connectivity index (χ4n) is 3.73. The van der Waals surface area contributed by atoms with Crippen molar-refractivity contribution >= 4 is 11.8 Å². The van der Waals surface area contributed by atoms with E-state index in [4.69, 9.17) is 5.73 Å². The molecular formula is C17H30FN3O2. The minimum Gasteiger partial charge on any atom is -0.334 e. The first-order valence-corrected chi connectivity index (χ1v) is 8.96. The molecule has 2 fully saturated rings. The number of halogens is 1. The van der Waals surface area contributed by atoms with Crippen molar-refractivity contribution in [3.63, 3.8) is 0 Å². The number of amides is 2. The minimum atomic E-state index is -0.377. The smallest absolute Gasteiger partial charge is 0.312 e. The van der Waals surface area contributed by atoms with Crippen LogP contribution >= 0.6 is 0 Å². The topological polar surface area (TPSA) is 66.6 Å². The van der Waals surface area contributed by atoms with Crippen LogP contribution < -0.4 is 5.73 Å². The van der Waals surface area contributed by atoms with E-state index < -0.39 is 0 Å². The summed E-state index contributed by atoms with van der Waals surface area (Å²) in [4.78, 5) is 28.2. The standard InChI is InChI=1S/C17H30FN3O2/c1-2-14-12-21(11-7-15(14)19)17(23)16(22)20-9-5-13(6-10-20)4-3-8-18/h13-15H,2-12,19H2,1H3. The molecule has 0 saturated carbocycles. The first-order valence-electron chi connectivity index (χ1n) is 8.96. The molecule has 2 N–H and O–H groups in total.